The number of nitrogens with one attached hydrogen (secondary N) is 2. The van der Waals surface area contributed by atoms with Crippen molar-refractivity contribution in [2.24, 2.45) is 0 Å². The fourth-order valence-electron chi connectivity index (χ4n) is 2.24. The first-order valence-corrected chi connectivity index (χ1v) is 7.73. The fraction of sp³-hybridized carbons (Fsp3) is 0.167. The Kier molecular flexibility index (Phi) is 4.94. The van der Waals surface area contributed by atoms with E-state index in [0.717, 1.165) is 11.3 Å². The number of aromatic nitrogens is 3. The molecule has 2 aromatic carbocycles. The van der Waals surface area contributed by atoms with E-state index in [-0.39, 0.29) is 5.91 Å². The zero-order valence-corrected chi connectivity index (χ0v) is 13.9. The summed E-state index contributed by atoms with van der Waals surface area (Å²) < 4.78 is 10.7. The highest BCUT2D eigenvalue weighted by Crippen LogP contribution is 2.20. The first kappa shape index (κ1) is 16.5. The minimum absolute atomic E-state index is 0.245. The van der Waals surface area contributed by atoms with E-state index in [1.54, 1.807) is 44.4 Å². The molecule has 0 aliphatic heterocycles. The van der Waals surface area contributed by atoms with Gasteiger partial charge in [-0.3, -0.25) is 9.89 Å². The third-order valence-electron chi connectivity index (χ3n) is 3.56. The van der Waals surface area contributed by atoms with E-state index >= 15 is 0 Å². The Morgan fingerprint density at radius 1 is 1.16 bits per heavy atom. The third kappa shape index (κ3) is 4.14. The first-order valence-electron chi connectivity index (χ1n) is 7.73. The highest BCUT2D eigenvalue weighted by molar-refractivity contribution is 5.94. The van der Waals surface area contributed by atoms with Crippen LogP contribution in [0.2, 0.25) is 0 Å². The van der Waals surface area contributed by atoms with Crippen LogP contribution in [0.1, 0.15) is 6.92 Å². The molecule has 2 N–H and O–H groups in total. The second-order valence-electron chi connectivity index (χ2n) is 5.34. The maximum Gasteiger partial charge on any atom is 0.265 e. The van der Waals surface area contributed by atoms with Crippen molar-refractivity contribution in [2.75, 3.05) is 12.4 Å². The Labute approximate surface area is 145 Å². The normalized spacial score (nSPS) is 11.6. The van der Waals surface area contributed by atoms with Crippen LogP contribution >= 0.6 is 0 Å². The number of benzene rings is 2. The number of carbonyl (C=O) groups excluding carboxylic acids is 1. The molecule has 0 unspecified atom stereocenters. The zero-order chi connectivity index (χ0) is 17.6. The molecule has 0 fully saturated rings. The van der Waals surface area contributed by atoms with E-state index < -0.39 is 6.10 Å². The minimum atomic E-state index is -0.651. The Hall–Kier alpha value is -3.35. The van der Waals surface area contributed by atoms with Gasteiger partial charge in [-0.2, -0.15) is 5.10 Å². The third-order valence-corrected chi connectivity index (χ3v) is 3.56. The van der Waals surface area contributed by atoms with Gasteiger partial charge in [-0.05, 0) is 43.3 Å². The van der Waals surface area contributed by atoms with Crippen molar-refractivity contribution in [3.05, 3.63) is 54.9 Å². The van der Waals surface area contributed by atoms with Crippen molar-refractivity contribution in [3.63, 3.8) is 0 Å². The molecule has 0 aliphatic carbocycles. The Morgan fingerprint density at radius 2 is 1.92 bits per heavy atom. The molecule has 3 aromatic rings. The molecular weight excluding hydrogens is 320 g/mol. The van der Waals surface area contributed by atoms with Crippen molar-refractivity contribution in [3.8, 4) is 22.9 Å². The molecule has 128 valence electrons. The number of rotatable bonds is 6. The van der Waals surface area contributed by atoms with Gasteiger partial charge in [0.2, 0.25) is 0 Å². The molecule has 0 spiro atoms. The maximum atomic E-state index is 12.3. The summed E-state index contributed by atoms with van der Waals surface area (Å²) in [5, 5.41) is 9.45. The van der Waals surface area contributed by atoms with E-state index in [1.807, 2.05) is 18.2 Å². The van der Waals surface area contributed by atoms with Crippen LogP contribution in [0, 0.1) is 0 Å². The Balaban J connectivity index is 1.64. The van der Waals surface area contributed by atoms with Crippen molar-refractivity contribution in [1.82, 2.24) is 15.2 Å². The van der Waals surface area contributed by atoms with Gasteiger partial charge in [-0.25, -0.2) is 4.98 Å². The lowest BCUT2D eigenvalue weighted by molar-refractivity contribution is -0.122. The molecule has 7 heteroatoms. The second kappa shape index (κ2) is 7.48. The molecular formula is C18H18N4O3. The van der Waals surface area contributed by atoms with Crippen molar-refractivity contribution >= 4 is 11.6 Å². The summed E-state index contributed by atoms with van der Waals surface area (Å²) in [5.41, 5.74) is 1.49. The van der Waals surface area contributed by atoms with Crippen LogP contribution in [0.15, 0.2) is 54.9 Å². The Morgan fingerprint density at radius 3 is 2.60 bits per heavy atom. The van der Waals surface area contributed by atoms with Crippen LogP contribution in [-0.2, 0) is 4.79 Å². The lowest BCUT2D eigenvalue weighted by atomic mass is 10.2. The second-order valence-corrected chi connectivity index (χ2v) is 5.34. The number of amides is 1. The number of aromatic amines is 1. The average molecular weight is 338 g/mol. The minimum Gasteiger partial charge on any atom is -0.497 e. The van der Waals surface area contributed by atoms with Gasteiger partial charge < -0.3 is 14.8 Å². The number of nitrogens with zero attached hydrogens (tertiary/aromatic N) is 2. The molecule has 0 aliphatic rings. The monoisotopic (exact) mass is 338 g/mol. The first-order chi connectivity index (χ1) is 12.2. The van der Waals surface area contributed by atoms with Crippen LogP contribution in [0.25, 0.3) is 11.4 Å². The van der Waals surface area contributed by atoms with Crippen molar-refractivity contribution < 1.29 is 14.3 Å². The average Bonchev–Trinajstić information content (AvgIpc) is 3.17. The van der Waals surface area contributed by atoms with Crippen LogP contribution in [0.5, 0.6) is 11.5 Å². The number of hydrogen-bond donors (Lipinski definition) is 2. The summed E-state index contributed by atoms with van der Waals surface area (Å²) in [7, 11) is 1.60. The molecule has 0 bridgehead atoms. The number of ether oxygens (including phenoxy) is 2. The summed E-state index contributed by atoms with van der Waals surface area (Å²) in [6, 6.07) is 14.4. The van der Waals surface area contributed by atoms with Gasteiger partial charge in [0, 0.05) is 11.3 Å². The summed E-state index contributed by atoms with van der Waals surface area (Å²) in [6.07, 6.45) is 0.785. The topological polar surface area (TPSA) is 89.1 Å². The van der Waals surface area contributed by atoms with Gasteiger partial charge in [0.15, 0.2) is 11.9 Å². The highest BCUT2D eigenvalue weighted by Gasteiger charge is 2.15. The van der Waals surface area contributed by atoms with E-state index in [4.69, 9.17) is 9.47 Å². The molecule has 0 radical (unpaired) electrons. The van der Waals surface area contributed by atoms with E-state index in [2.05, 4.69) is 20.5 Å². The van der Waals surface area contributed by atoms with Crippen molar-refractivity contribution in [1.29, 1.82) is 0 Å². The molecule has 0 saturated heterocycles. The van der Waals surface area contributed by atoms with Gasteiger partial charge in [0.1, 0.15) is 17.8 Å². The van der Waals surface area contributed by atoms with E-state index in [9.17, 15) is 4.79 Å². The predicted molar refractivity (Wildman–Crippen MR) is 93.5 cm³/mol. The standard InChI is InChI=1S/C18H18N4O3/c1-12(25-16-8-6-15(24-2)7-9-16)18(23)21-14-5-3-4-13(10-14)17-19-11-20-22-17/h3-12H,1-2H3,(H,21,23)(H,19,20,22)/t12-/m1/s1. The SMILES string of the molecule is COc1ccc(O[C@H](C)C(=O)Nc2cccc(-c3ncn[nH]3)c2)cc1. The van der Waals surface area contributed by atoms with Gasteiger partial charge in [-0.1, -0.05) is 12.1 Å². The summed E-state index contributed by atoms with van der Waals surface area (Å²) in [6.45, 7) is 1.69. The lowest BCUT2D eigenvalue weighted by Gasteiger charge is -2.15. The molecule has 1 atom stereocenters. The number of hydrogen-bond acceptors (Lipinski definition) is 5. The Bertz CT molecular complexity index is 832. The molecule has 3 rings (SSSR count). The van der Waals surface area contributed by atoms with Gasteiger partial charge in [0.25, 0.3) is 5.91 Å². The molecule has 25 heavy (non-hydrogen) atoms. The van der Waals surface area contributed by atoms with Gasteiger partial charge >= 0.3 is 0 Å². The number of anilines is 1. The number of carbonyl (C=O) groups is 1. The quantitative estimate of drug-likeness (QED) is 0.721. The van der Waals surface area contributed by atoms with Crippen LogP contribution < -0.4 is 14.8 Å². The van der Waals surface area contributed by atoms with Crippen LogP contribution in [-0.4, -0.2) is 34.3 Å². The summed E-state index contributed by atoms with van der Waals surface area (Å²) >= 11 is 0. The molecule has 1 amide bonds. The molecule has 7 nitrogen and oxygen atoms in total. The zero-order valence-electron chi connectivity index (χ0n) is 13.9. The van der Waals surface area contributed by atoms with Gasteiger partial charge in [0.05, 0.1) is 7.11 Å². The van der Waals surface area contributed by atoms with E-state index in [0.29, 0.717) is 17.3 Å². The largest absolute Gasteiger partial charge is 0.497 e. The smallest absolute Gasteiger partial charge is 0.265 e. The van der Waals surface area contributed by atoms with Crippen molar-refractivity contribution in [2.45, 2.75) is 13.0 Å². The fourth-order valence-corrected chi connectivity index (χ4v) is 2.24. The number of methoxy groups -OCH3 is 1. The molecule has 0 saturated carbocycles. The lowest BCUT2D eigenvalue weighted by Crippen LogP contribution is -2.30. The van der Waals surface area contributed by atoms with Gasteiger partial charge in [-0.15, -0.1) is 0 Å². The maximum absolute atomic E-state index is 12.3. The summed E-state index contributed by atoms with van der Waals surface area (Å²) in [4.78, 5) is 16.4. The van der Waals surface area contributed by atoms with E-state index in [1.165, 1.54) is 6.33 Å². The summed E-state index contributed by atoms with van der Waals surface area (Å²) in [5.74, 6) is 1.72. The van der Waals surface area contributed by atoms with Crippen LogP contribution in [0.4, 0.5) is 5.69 Å². The van der Waals surface area contributed by atoms with Crippen LogP contribution in [0.3, 0.4) is 0 Å². The predicted octanol–water partition coefficient (Wildman–Crippen LogP) is 2.89. The highest BCUT2D eigenvalue weighted by atomic mass is 16.5. The molecule has 1 aromatic heterocycles. The molecule has 1 heterocycles. The number of H-pyrrole nitrogens is 1.